The maximum Gasteiger partial charge on any atom is 0.224 e. The molecule has 1 aromatic carbocycles. The zero-order chi connectivity index (χ0) is 16.4. The molecule has 0 radical (unpaired) electrons. The zero-order valence-electron chi connectivity index (χ0n) is 14.0. The molecular formula is C18H26ClN3O2. The molecule has 2 bridgehead atoms. The Bertz CT molecular complexity index is 588. The topological polar surface area (TPSA) is 84.2 Å². The number of carbonyl (C=O) groups is 2. The highest BCUT2D eigenvalue weighted by Crippen LogP contribution is 2.47. The number of hydrogen-bond acceptors (Lipinski definition) is 3. The van der Waals surface area contributed by atoms with Gasteiger partial charge in [0.1, 0.15) is 0 Å². The van der Waals surface area contributed by atoms with E-state index < -0.39 is 0 Å². The van der Waals surface area contributed by atoms with E-state index >= 15 is 0 Å². The smallest absolute Gasteiger partial charge is 0.224 e. The molecule has 132 valence electrons. The minimum atomic E-state index is -0.0767. The predicted molar refractivity (Wildman–Crippen MR) is 97.0 cm³/mol. The van der Waals surface area contributed by atoms with Gasteiger partial charge < -0.3 is 16.4 Å². The van der Waals surface area contributed by atoms with Crippen LogP contribution in [0.2, 0.25) is 0 Å². The van der Waals surface area contributed by atoms with Crippen molar-refractivity contribution in [2.75, 3.05) is 11.9 Å². The van der Waals surface area contributed by atoms with Crippen LogP contribution in [0.4, 0.5) is 5.69 Å². The number of carbonyl (C=O) groups excluding carboxylic acids is 2. The summed E-state index contributed by atoms with van der Waals surface area (Å²) in [5, 5.41) is 5.79. The van der Waals surface area contributed by atoms with Gasteiger partial charge in [-0.05, 0) is 55.2 Å². The number of fused-ring (bicyclic) bond motifs is 2. The number of benzene rings is 1. The number of amides is 2. The van der Waals surface area contributed by atoms with Crippen LogP contribution in [0.1, 0.15) is 31.7 Å². The molecule has 3 rings (SSSR count). The molecule has 6 heteroatoms. The largest absolute Gasteiger partial charge is 0.355 e. The number of nitrogens with two attached hydrogens (primary N) is 1. The third-order valence-electron chi connectivity index (χ3n) is 5.27. The van der Waals surface area contributed by atoms with Crippen LogP contribution in [0.25, 0.3) is 0 Å². The van der Waals surface area contributed by atoms with Gasteiger partial charge >= 0.3 is 0 Å². The van der Waals surface area contributed by atoms with Gasteiger partial charge in [0, 0.05) is 25.2 Å². The fraction of sp³-hybridized carbons (Fsp3) is 0.556. The molecule has 24 heavy (non-hydrogen) atoms. The van der Waals surface area contributed by atoms with Crippen molar-refractivity contribution in [3.63, 3.8) is 0 Å². The first kappa shape index (κ1) is 18.7. The number of hydrogen-bond donors (Lipinski definition) is 3. The van der Waals surface area contributed by atoms with Crippen LogP contribution in [-0.2, 0) is 16.0 Å². The van der Waals surface area contributed by atoms with Crippen LogP contribution in [0, 0.1) is 17.8 Å². The van der Waals surface area contributed by atoms with E-state index in [2.05, 4.69) is 10.6 Å². The highest BCUT2D eigenvalue weighted by Gasteiger charge is 2.48. The molecule has 2 fully saturated rings. The van der Waals surface area contributed by atoms with Gasteiger partial charge in [0.2, 0.25) is 11.8 Å². The summed E-state index contributed by atoms with van der Waals surface area (Å²) in [6.07, 6.45) is 4.25. The fourth-order valence-electron chi connectivity index (χ4n) is 4.13. The maximum atomic E-state index is 12.4. The summed E-state index contributed by atoms with van der Waals surface area (Å²) in [4.78, 5) is 23.4. The van der Waals surface area contributed by atoms with E-state index in [4.69, 9.17) is 5.73 Å². The molecule has 4 atom stereocenters. The number of halogens is 1. The van der Waals surface area contributed by atoms with Crippen LogP contribution in [0.3, 0.4) is 0 Å². The highest BCUT2D eigenvalue weighted by atomic mass is 35.5. The number of anilines is 1. The highest BCUT2D eigenvalue weighted by molar-refractivity contribution is 5.88. The van der Waals surface area contributed by atoms with Crippen molar-refractivity contribution in [1.82, 2.24) is 5.32 Å². The van der Waals surface area contributed by atoms with E-state index in [1.807, 2.05) is 24.3 Å². The Labute approximate surface area is 149 Å². The Hall–Kier alpha value is -1.59. The van der Waals surface area contributed by atoms with Gasteiger partial charge in [0.25, 0.3) is 0 Å². The van der Waals surface area contributed by atoms with Gasteiger partial charge in [0.05, 0.1) is 5.92 Å². The minimum absolute atomic E-state index is 0. The van der Waals surface area contributed by atoms with Gasteiger partial charge in [0.15, 0.2) is 0 Å². The molecular weight excluding hydrogens is 326 g/mol. The van der Waals surface area contributed by atoms with E-state index in [9.17, 15) is 9.59 Å². The summed E-state index contributed by atoms with van der Waals surface area (Å²) in [5.74, 6) is 1.10. The van der Waals surface area contributed by atoms with Crippen LogP contribution < -0.4 is 16.4 Å². The van der Waals surface area contributed by atoms with E-state index in [0.29, 0.717) is 18.4 Å². The third-order valence-corrected chi connectivity index (χ3v) is 5.27. The molecule has 4 N–H and O–H groups in total. The first-order chi connectivity index (χ1) is 11.0. The molecule has 0 saturated heterocycles. The molecule has 2 aliphatic carbocycles. The Morgan fingerprint density at radius 1 is 1.17 bits per heavy atom. The molecule has 0 spiro atoms. The monoisotopic (exact) mass is 351 g/mol. The second-order valence-corrected chi connectivity index (χ2v) is 6.86. The fourth-order valence-corrected chi connectivity index (χ4v) is 4.13. The van der Waals surface area contributed by atoms with Crippen molar-refractivity contribution >= 4 is 29.9 Å². The summed E-state index contributed by atoms with van der Waals surface area (Å²) in [6.45, 7) is 2.11. The summed E-state index contributed by atoms with van der Waals surface area (Å²) < 4.78 is 0. The standard InChI is InChI=1S/C18H25N3O2.ClH/c1-11(22)21-15-6-2-12(3-7-15)8-9-20-18(23)16-13-4-5-14(10-13)17(16)19;/h2-3,6-7,13-14,16-17H,4-5,8-10,19H2,1H3,(H,20,23)(H,21,22);1H. The quantitative estimate of drug-likeness (QED) is 0.759. The van der Waals surface area contributed by atoms with Crippen LogP contribution >= 0.6 is 12.4 Å². The molecule has 0 heterocycles. The average Bonchev–Trinajstić information content (AvgIpc) is 3.09. The van der Waals surface area contributed by atoms with E-state index in [0.717, 1.165) is 30.5 Å². The lowest BCUT2D eigenvalue weighted by Gasteiger charge is -2.27. The minimum Gasteiger partial charge on any atom is -0.355 e. The van der Waals surface area contributed by atoms with Crippen molar-refractivity contribution in [3.05, 3.63) is 29.8 Å². The van der Waals surface area contributed by atoms with E-state index in [-0.39, 0.29) is 36.2 Å². The van der Waals surface area contributed by atoms with Crippen molar-refractivity contribution in [1.29, 1.82) is 0 Å². The lowest BCUT2D eigenvalue weighted by molar-refractivity contribution is -0.127. The lowest BCUT2D eigenvalue weighted by Crippen LogP contribution is -2.45. The molecule has 2 saturated carbocycles. The van der Waals surface area contributed by atoms with Crippen molar-refractivity contribution in [3.8, 4) is 0 Å². The van der Waals surface area contributed by atoms with Crippen molar-refractivity contribution < 1.29 is 9.59 Å². The summed E-state index contributed by atoms with van der Waals surface area (Å²) in [5.41, 5.74) is 8.13. The van der Waals surface area contributed by atoms with Gasteiger partial charge in [-0.3, -0.25) is 9.59 Å². The first-order valence-electron chi connectivity index (χ1n) is 8.44. The lowest BCUT2D eigenvalue weighted by atomic mass is 9.84. The Morgan fingerprint density at radius 2 is 1.83 bits per heavy atom. The molecule has 0 aliphatic heterocycles. The van der Waals surface area contributed by atoms with Crippen molar-refractivity contribution in [2.24, 2.45) is 23.5 Å². The van der Waals surface area contributed by atoms with Gasteiger partial charge in [-0.25, -0.2) is 0 Å². The maximum absolute atomic E-state index is 12.4. The summed E-state index contributed by atoms with van der Waals surface area (Å²) in [7, 11) is 0. The normalized spacial score (nSPS) is 27.4. The zero-order valence-corrected chi connectivity index (χ0v) is 14.8. The van der Waals surface area contributed by atoms with Crippen LogP contribution in [0.15, 0.2) is 24.3 Å². The molecule has 5 nitrogen and oxygen atoms in total. The first-order valence-corrected chi connectivity index (χ1v) is 8.44. The molecule has 1 aromatic rings. The molecule has 2 amide bonds. The second kappa shape index (κ2) is 7.99. The van der Waals surface area contributed by atoms with E-state index in [1.54, 1.807) is 0 Å². The predicted octanol–water partition coefficient (Wildman–Crippen LogP) is 2.10. The Kier molecular flexibility index (Phi) is 6.24. The number of rotatable bonds is 5. The Morgan fingerprint density at radius 3 is 2.42 bits per heavy atom. The molecule has 0 aromatic heterocycles. The van der Waals surface area contributed by atoms with Gasteiger partial charge in [-0.2, -0.15) is 0 Å². The third kappa shape index (κ3) is 4.08. The Balaban J connectivity index is 0.00000208. The van der Waals surface area contributed by atoms with Gasteiger partial charge in [-0.1, -0.05) is 12.1 Å². The van der Waals surface area contributed by atoms with Crippen LogP contribution in [-0.4, -0.2) is 24.4 Å². The molecule has 4 unspecified atom stereocenters. The SMILES string of the molecule is CC(=O)Nc1ccc(CCNC(=O)C2C3CCC(C3)C2N)cc1.Cl. The van der Waals surface area contributed by atoms with Crippen LogP contribution in [0.5, 0.6) is 0 Å². The summed E-state index contributed by atoms with van der Waals surface area (Å²) in [6, 6.07) is 7.75. The summed E-state index contributed by atoms with van der Waals surface area (Å²) >= 11 is 0. The average molecular weight is 352 g/mol. The van der Waals surface area contributed by atoms with Crippen molar-refractivity contribution in [2.45, 2.75) is 38.6 Å². The van der Waals surface area contributed by atoms with E-state index in [1.165, 1.54) is 13.3 Å². The number of nitrogens with one attached hydrogen (secondary N) is 2. The molecule has 2 aliphatic rings. The second-order valence-electron chi connectivity index (χ2n) is 6.86. The van der Waals surface area contributed by atoms with Gasteiger partial charge in [-0.15, -0.1) is 12.4 Å².